The third-order valence-electron chi connectivity index (χ3n) is 3.81. The van der Waals surface area contributed by atoms with Gasteiger partial charge in [-0.1, -0.05) is 12.8 Å². The maximum atomic E-state index is 11.4. The number of aromatic nitrogens is 2. The molecule has 0 bridgehead atoms. The van der Waals surface area contributed by atoms with Gasteiger partial charge in [-0.3, -0.25) is 10.1 Å². The van der Waals surface area contributed by atoms with Gasteiger partial charge in [0.25, 0.3) is 0 Å². The van der Waals surface area contributed by atoms with Crippen LogP contribution >= 0.6 is 0 Å². The highest BCUT2D eigenvalue weighted by molar-refractivity contribution is 5.63. The lowest BCUT2D eigenvalue weighted by Crippen LogP contribution is -2.38. The van der Waals surface area contributed by atoms with E-state index in [0.717, 1.165) is 25.7 Å². The van der Waals surface area contributed by atoms with Crippen LogP contribution in [0.5, 0.6) is 0 Å². The summed E-state index contributed by atoms with van der Waals surface area (Å²) in [6.07, 6.45) is 3.82. The molecule has 2 rings (SSSR count). The molecule has 1 fully saturated rings. The Kier molecular flexibility index (Phi) is 4.89. The zero-order valence-corrected chi connectivity index (χ0v) is 12.4. The molecule has 2 heterocycles. The van der Waals surface area contributed by atoms with Crippen molar-refractivity contribution in [3.05, 3.63) is 15.8 Å². The second kappa shape index (κ2) is 6.66. The molecule has 0 amide bonds. The largest absolute Gasteiger partial charge is 0.394 e. The molecule has 0 aromatic carbocycles. The highest BCUT2D eigenvalue weighted by atomic mass is 16.6. The Morgan fingerprint density at radius 1 is 1.43 bits per heavy atom. The molecular formula is C13H21N5O3. The van der Waals surface area contributed by atoms with Crippen LogP contribution in [0, 0.1) is 17.0 Å². The number of hydrogen-bond donors (Lipinski definition) is 2. The van der Waals surface area contributed by atoms with E-state index in [2.05, 4.69) is 15.3 Å². The van der Waals surface area contributed by atoms with Crippen molar-refractivity contribution in [2.75, 3.05) is 30.4 Å². The van der Waals surface area contributed by atoms with Crippen molar-refractivity contribution < 1.29 is 10.0 Å². The molecule has 0 aliphatic carbocycles. The molecule has 1 saturated heterocycles. The minimum atomic E-state index is -0.441. The molecule has 1 aliphatic heterocycles. The second-order valence-electron chi connectivity index (χ2n) is 5.19. The van der Waals surface area contributed by atoms with Crippen LogP contribution in [-0.2, 0) is 0 Å². The predicted molar refractivity (Wildman–Crippen MR) is 79.7 cm³/mol. The highest BCUT2D eigenvalue weighted by Gasteiger charge is 2.31. The number of aryl methyl sites for hydroxylation is 1. The molecule has 116 valence electrons. The molecule has 0 spiro atoms. The van der Waals surface area contributed by atoms with Crippen molar-refractivity contribution in [1.82, 2.24) is 9.97 Å². The highest BCUT2D eigenvalue weighted by Crippen LogP contribution is 2.33. The summed E-state index contributed by atoms with van der Waals surface area (Å²) in [6.45, 7) is 2.23. The minimum absolute atomic E-state index is 0.0326. The maximum Gasteiger partial charge on any atom is 0.332 e. The van der Waals surface area contributed by atoms with Crippen molar-refractivity contribution >= 4 is 17.5 Å². The van der Waals surface area contributed by atoms with Crippen LogP contribution in [0.1, 0.15) is 31.4 Å². The lowest BCUT2D eigenvalue weighted by molar-refractivity contribution is -0.385. The van der Waals surface area contributed by atoms with Gasteiger partial charge in [0.1, 0.15) is 5.69 Å². The molecule has 0 radical (unpaired) electrons. The standard InChI is InChI=1S/C13H21N5O3/c1-9-11(18(20)21)12(16-13(14-2)15-9)17-7-5-3-4-6-10(17)8-19/h10,19H,3-8H2,1-2H3,(H,14,15,16). The van der Waals surface area contributed by atoms with Crippen LogP contribution in [0.2, 0.25) is 0 Å². The van der Waals surface area contributed by atoms with Crippen LogP contribution < -0.4 is 10.2 Å². The fourth-order valence-corrected chi connectivity index (χ4v) is 2.72. The van der Waals surface area contributed by atoms with Crippen molar-refractivity contribution in [3.8, 4) is 0 Å². The quantitative estimate of drug-likeness (QED) is 0.640. The van der Waals surface area contributed by atoms with E-state index in [4.69, 9.17) is 0 Å². The summed E-state index contributed by atoms with van der Waals surface area (Å²) in [4.78, 5) is 21.2. The number of anilines is 2. The Balaban J connectivity index is 2.52. The third kappa shape index (κ3) is 3.21. The number of rotatable bonds is 4. The van der Waals surface area contributed by atoms with E-state index in [1.807, 2.05) is 4.90 Å². The van der Waals surface area contributed by atoms with Crippen LogP contribution in [0.4, 0.5) is 17.5 Å². The molecule has 1 atom stereocenters. The molecule has 2 N–H and O–H groups in total. The Morgan fingerprint density at radius 2 is 2.19 bits per heavy atom. The van der Waals surface area contributed by atoms with Crippen molar-refractivity contribution in [2.24, 2.45) is 0 Å². The Morgan fingerprint density at radius 3 is 2.81 bits per heavy atom. The monoisotopic (exact) mass is 295 g/mol. The fraction of sp³-hybridized carbons (Fsp3) is 0.692. The topological polar surface area (TPSA) is 104 Å². The van der Waals surface area contributed by atoms with Crippen LogP contribution in [0.3, 0.4) is 0 Å². The van der Waals surface area contributed by atoms with Gasteiger partial charge in [0, 0.05) is 13.6 Å². The lowest BCUT2D eigenvalue weighted by atomic mass is 10.1. The number of nitro groups is 1. The van der Waals surface area contributed by atoms with Crippen LogP contribution in [0.15, 0.2) is 0 Å². The summed E-state index contributed by atoms with van der Waals surface area (Å²) in [5.74, 6) is 0.659. The first-order valence-electron chi connectivity index (χ1n) is 7.16. The Labute approximate surface area is 123 Å². The molecule has 0 saturated carbocycles. The predicted octanol–water partition coefficient (Wildman–Crippen LogP) is 1.48. The number of hydrogen-bond acceptors (Lipinski definition) is 7. The normalized spacial score (nSPS) is 19.2. The van der Waals surface area contributed by atoms with Gasteiger partial charge in [0.05, 0.1) is 17.6 Å². The summed E-state index contributed by atoms with van der Waals surface area (Å²) in [6, 6.07) is -0.134. The summed E-state index contributed by atoms with van der Waals surface area (Å²) in [5.41, 5.74) is 0.254. The molecule has 1 aromatic heterocycles. The Hall–Kier alpha value is -1.96. The van der Waals surface area contributed by atoms with Crippen LogP contribution in [-0.4, -0.2) is 46.2 Å². The summed E-state index contributed by atoms with van der Waals surface area (Å²) >= 11 is 0. The van der Waals surface area contributed by atoms with Crippen molar-refractivity contribution in [3.63, 3.8) is 0 Å². The average Bonchev–Trinajstić information content (AvgIpc) is 2.70. The van der Waals surface area contributed by atoms with Crippen molar-refractivity contribution in [1.29, 1.82) is 0 Å². The molecule has 1 unspecified atom stereocenters. The fourth-order valence-electron chi connectivity index (χ4n) is 2.72. The van der Waals surface area contributed by atoms with Gasteiger partial charge in [-0.15, -0.1) is 0 Å². The zero-order valence-electron chi connectivity index (χ0n) is 12.4. The van der Waals surface area contributed by atoms with E-state index in [0.29, 0.717) is 24.0 Å². The van der Waals surface area contributed by atoms with Gasteiger partial charge in [-0.2, -0.15) is 4.98 Å². The van der Waals surface area contributed by atoms with Gasteiger partial charge in [0.15, 0.2) is 0 Å². The zero-order chi connectivity index (χ0) is 15.4. The molecule has 1 aromatic rings. The van der Waals surface area contributed by atoms with E-state index >= 15 is 0 Å². The summed E-state index contributed by atoms with van der Waals surface area (Å²) in [7, 11) is 1.68. The molecule has 21 heavy (non-hydrogen) atoms. The Bertz CT molecular complexity index is 523. The molecular weight excluding hydrogens is 274 g/mol. The van der Waals surface area contributed by atoms with E-state index in [1.54, 1.807) is 14.0 Å². The lowest BCUT2D eigenvalue weighted by Gasteiger charge is -2.29. The van der Waals surface area contributed by atoms with E-state index in [-0.39, 0.29) is 18.3 Å². The maximum absolute atomic E-state index is 11.4. The van der Waals surface area contributed by atoms with Gasteiger partial charge in [-0.05, 0) is 19.8 Å². The second-order valence-corrected chi connectivity index (χ2v) is 5.19. The van der Waals surface area contributed by atoms with E-state index in [9.17, 15) is 15.2 Å². The number of aliphatic hydroxyl groups is 1. The van der Waals surface area contributed by atoms with Crippen molar-refractivity contribution in [2.45, 2.75) is 38.6 Å². The summed E-state index contributed by atoms with van der Waals surface area (Å²) in [5, 5.41) is 23.8. The van der Waals surface area contributed by atoms with Gasteiger partial charge in [0.2, 0.25) is 11.8 Å². The van der Waals surface area contributed by atoms with E-state index in [1.165, 1.54) is 0 Å². The summed E-state index contributed by atoms with van der Waals surface area (Å²) < 4.78 is 0. The number of aliphatic hydroxyl groups excluding tert-OH is 1. The average molecular weight is 295 g/mol. The first-order valence-corrected chi connectivity index (χ1v) is 7.16. The minimum Gasteiger partial charge on any atom is -0.394 e. The third-order valence-corrected chi connectivity index (χ3v) is 3.81. The van der Waals surface area contributed by atoms with E-state index < -0.39 is 4.92 Å². The van der Waals surface area contributed by atoms with Gasteiger partial charge >= 0.3 is 5.69 Å². The number of nitrogens with zero attached hydrogens (tertiary/aromatic N) is 4. The first kappa shape index (κ1) is 15.4. The first-order chi connectivity index (χ1) is 10.1. The molecule has 8 nitrogen and oxygen atoms in total. The number of nitrogens with one attached hydrogen (secondary N) is 1. The van der Waals surface area contributed by atoms with Gasteiger partial charge in [-0.25, -0.2) is 4.98 Å². The van der Waals surface area contributed by atoms with Gasteiger partial charge < -0.3 is 15.3 Å². The smallest absolute Gasteiger partial charge is 0.332 e. The molecule has 8 heteroatoms. The van der Waals surface area contributed by atoms with Crippen LogP contribution in [0.25, 0.3) is 0 Å². The SMILES string of the molecule is CNc1nc(C)c([N+](=O)[O-])c(N2CCCCCC2CO)n1. The molecule has 1 aliphatic rings.